The van der Waals surface area contributed by atoms with Crippen LogP contribution in [0.25, 0.3) is 0 Å². The van der Waals surface area contributed by atoms with Gasteiger partial charge in [-0.05, 0) is 33.3 Å². The molecule has 1 rings (SSSR count). The molecule has 134 valence electrons. The normalized spacial score (nSPS) is 14.5. The summed E-state index contributed by atoms with van der Waals surface area (Å²) in [5.74, 6) is -2.32. The average Bonchev–Trinajstić information content (AvgIpc) is 2.42. The molecule has 1 aromatic carbocycles. The molecule has 0 bridgehead atoms. The van der Waals surface area contributed by atoms with E-state index in [-0.39, 0.29) is 0 Å². The minimum absolute atomic E-state index is 0.464. The molecule has 1 amide bonds. The second-order valence-electron chi connectivity index (χ2n) is 6.40. The second-order valence-corrected chi connectivity index (χ2v) is 6.40. The molecule has 5 nitrogen and oxygen atoms in total. The van der Waals surface area contributed by atoms with Gasteiger partial charge in [-0.1, -0.05) is 30.3 Å². The highest BCUT2D eigenvalue weighted by Crippen LogP contribution is 2.24. The lowest BCUT2D eigenvalue weighted by Crippen LogP contribution is -2.49. The summed E-state index contributed by atoms with van der Waals surface area (Å²) in [6.45, 7) is 5.69. The molecule has 1 aromatic rings. The van der Waals surface area contributed by atoms with Gasteiger partial charge in [0.25, 0.3) is 0 Å². The van der Waals surface area contributed by atoms with Gasteiger partial charge in [-0.25, -0.2) is 9.59 Å². The molecule has 0 heterocycles. The van der Waals surface area contributed by atoms with Crippen molar-refractivity contribution in [2.75, 3.05) is 6.61 Å². The number of nitrogens with one attached hydrogen (secondary N) is 1. The number of alkyl halides is 3. The molecule has 24 heavy (non-hydrogen) atoms. The summed E-state index contributed by atoms with van der Waals surface area (Å²) in [6.07, 6.45) is -5.94. The van der Waals surface area contributed by atoms with Crippen LogP contribution in [-0.4, -0.2) is 30.4 Å². The third-order valence-electron chi connectivity index (χ3n) is 2.91. The van der Waals surface area contributed by atoms with Crippen LogP contribution in [0, 0.1) is 0 Å². The molecule has 1 N–H and O–H groups in total. The zero-order valence-electron chi connectivity index (χ0n) is 13.9. The Bertz CT molecular complexity index is 581. The fourth-order valence-corrected chi connectivity index (χ4v) is 1.82. The van der Waals surface area contributed by atoms with Crippen molar-refractivity contribution in [3.8, 4) is 0 Å². The van der Waals surface area contributed by atoms with Crippen molar-refractivity contribution in [3.05, 3.63) is 35.9 Å². The van der Waals surface area contributed by atoms with Crippen molar-refractivity contribution in [3.63, 3.8) is 0 Å². The second kappa shape index (κ2) is 7.11. The van der Waals surface area contributed by atoms with Gasteiger partial charge in [-0.2, -0.15) is 13.2 Å². The first-order valence-electron chi connectivity index (χ1n) is 7.14. The van der Waals surface area contributed by atoms with E-state index in [2.05, 4.69) is 10.1 Å². The van der Waals surface area contributed by atoms with Crippen LogP contribution >= 0.6 is 0 Å². The topological polar surface area (TPSA) is 64.6 Å². The Kier molecular flexibility index (Phi) is 5.86. The summed E-state index contributed by atoms with van der Waals surface area (Å²) in [6, 6.07) is 8.20. The van der Waals surface area contributed by atoms with E-state index in [1.165, 1.54) is 6.92 Å². The summed E-state index contributed by atoms with van der Waals surface area (Å²) < 4.78 is 46.4. The largest absolute Gasteiger partial charge is 0.490 e. The van der Waals surface area contributed by atoms with E-state index in [0.29, 0.717) is 5.56 Å². The van der Waals surface area contributed by atoms with Crippen molar-refractivity contribution >= 4 is 12.1 Å². The van der Waals surface area contributed by atoms with E-state index in [1.54, 1.807) is 51.1 Å². The monoisotopic (exact) mass is 347 g/mol. The first kappa shape index (κ1) is 19.8. The number of hydrogen-bond donors (Lipinski definition) is 1. The molecule has 0 saturated heterocycles. The third-order valence-corrected chi connectivity index (χ3v) is 2.91. The Labute approximate surface area is 138 Å². The molecule has 0 aromatic heterocycles. The van der Waals surface area contributed by atoms with Crippen molar-refractivity contribution in [2.24, 2.45) is 0 Å². The van der Waals surface area contributed by atoms with Crippen molar-refractivity contribution < 1.29 is 32.2 Å². The van der Waals surface area contributed by atoms with Crippen molar-refractivity contribution in [1.82, 2.24) is 5.32 Å². The van der Waals surface area contributed by atoms with Gasteiger partial charge >= 0.3 is 18.2 Å². The highest BCUT2D eigenvalue weighted by Gasteiger charge is 2.43. The van der Waals surface area contributed by atoms with E-state index in [4.69, 9.17) is 4.74 Å². The smallest absolute Gasteiger partial charge is 0.456 e. The summed E-state index contributed by atoms with van der Waals surface area (Å²) in [5.41, 5.74) is -1.71. The minimum Gasteiger partial charge on any atom is -0.456 e. The quantitative estimate of drug-likeness (QED) is 0.846. The number of amides is 1. The van der Waals surface area contributed by atoms with Crippen LogP contribution in [-0.2, 0) is 19.8 Å². The number of carbonyl (C=O) groups excluding carboxylic acids is 2. The van der Waals surface area contributed by atoms with E-state index < -0.39 is 36.0 Å². The first-order chi connectivity index (χ1) is 10.8. The lowest BCUT2D eigenvalue weighted by Gasteiger charge is -2.32. The van der Waals surface area contributed by atoms with E-state index >= 15 is 0 Å². The van der Waals surface area contributed by atoms with Gasteiger partial charge < -0.3 is 14.8 Å². The number of benzene rings is 1. The molecular formula is C16H20F3NO4. The van der Waals surface area contributed by atoms with Gasteiger partial charge in [0.05, 0.1) is 5.54 Å². The minimum atomic E-state index is -5.11. The lowest BCUT2D eigenvalue weighted by atomic mass is 9.93. The zero-order valence-corrected chi connectivity index (χ0v) is 13.9. The number of ether oxygens (including phenoxy) is 2. The molecule has 0 unspecified atom stereocenters. The number of carbonyl (C=O) groups is 2. The van der Waals surface area contributed by atoms with Crippen LogP contribution in [0.2, 0.25) is 0 Å². The molecule has 0 aliphatic carbocycles. The first-order valence-corrected chi connectivity index (χ1v) is 7.14. The van der Waals surface area contributed by atoms with E-state index in [0.717, 1.165) is 0 Å². The summed E-state index contributed by atoms with van der Waals surface area (Å²) in [5, 5.41) is 2.47. The lowest BCUT2D eigenvalue weighted by molar-refractivity contribution is -0.201. The number of rotatable bonds is 4. The van der Waals surface area contributed by atoms with Crippen molar-refractivity contribution in [2.45, 2.75) is 45.0 Å². The molecule has 0 fully saturated rings. The van der Waals surface area contributed by atoms with E-state index in [1.807, 2.05) is 0 Å². The predicted octanol–water partition coefficient (Wildman–Crippen LogP) is 3.53. The number of alkyl carbamates (subject to hydrolysis) is 1. The fourth-order valence-electron chi connectivity index (χ4n) is 1.82. The summed E-state index contributed by atoms with van der Waals surface area (Å²) in [4.78, 5) is 23.0. The van der Waals surface area contributed by atoms with Gasteiger partial charge in [-0.3, -0.25) is 0 Å². The zero-order chi connectivity index (χ0) is 18.6. The Morgan fingerprint density at radius 2 is 1.58 bits per heavy atom. The summed E-state index contributed by atoms with van der Waals surface area (Å²) >= 11 is 0. The molecule has 0 aliphatic heterocycles. The maximum Gasteiger partial charge on any atom is 0.490 e. The van der Waals surface area contributed by atoms with Gasteiger partial charge in [0, 0.05) is 0 Å². The molecule has 0 aliphatic rings. The number of halogens is 3. The Hall–Kier alpha value is -2.25. The average molecular weight is 347 g/mol. The SMILES string of the molecule is CC(C)(C)OC(=O)N[C@](C)(COC(=O)C(F)(F)F)c1ccccc1. The highest BCUT2D eigenvalue weighted by molar-refractivity contribution is 5.75. The highest BCUT2D eigenvalue weighted by atomic mass is 19.4. The third kappa shape index (κ3) is 6.10. The van der Waals surface area contributed by atoms with Gasteiger partial charge in [0.2, 0.25) is 0 Å². The van der Waals surface area contributed by atoms with Gasteiger partial charge in [-0.15, -0.1) is 0 Å². The van der Waals surface area contributed by atoms with Crippen LogP contribution in [0.5, 0.6) is 0 Å². The molecule has 8 heteroatoms. The molecule has 0 saturated carbocycles. The van der Waals surface area contributed by atoms with Crippen LogP contribution in [0.3, 0.4) is 0 Å². The van der Waals surface area contributed by atoms with E-state index in [9.17, 15) is 22.8 Å². The van der Waals surface area contributed by atoms with Gasteiger partial charge in [0.15, 0.2) is 0 Å². The Balaban J connectivity index is 2.96. The van der Waals surface area contributed by atoms with Crippen LogP contribution in [0.1, 0.15) is 33.3 Å². The maximum absolute atomic E-state index is 12.3. The standard InChI is InChI=1S/C16H20F3NO4/c1-14(2,3)24-13(22)20-15(4,11-8-6-5-7-9-11)10-23-12(21)16(17,18)19/h5-9H,10H2,1-4H3,(H,20,22)/t15-/m1/s1. The predicted molar refractivity (Wildman–Crippen MR) is 80.2 cm³/mol. The molecule has 1 atom stereocenters. The molecule has 0 radical (unpaired) electrons. The van der Waals surface area contributed by atoms with Gasteiger partial charge in [0.1, 0.15) is 12.2 Å². The number of hydrogen-bond acceptors (Lipinski definition) is 4. The fraction of sp³-hybridized carbons (Fsp3) is 0.500. The maximum atomic E-state index is 12.3. The van der Waals surface area contributed by atoms with Crippen LogP contribution in [0.15, 0.2) is 30.3 Å². The molecule has 0 spiro atoms. The number of esters is 1. The van der Waals surface area contributed by atoms with Crippen molar-refractivity contribution in [1.29, 1.82) is 0 Å². The molecular weight excluding hydrogens is 327 g/mol. The Morgan fingerprint density at radius 1 is 1.04 bits per heavy atom. The Morgan fingerprint density at radius 3 is 2.04 bits per heavy atom. The summed E-state index contributed by atoms with van der Waals surface area (Å²) in [7, 11) is 0. The van der Waals surface area contributed by atoms with Crippen LogP contribution < -0.4 is 5.32 Å². The van der Waals surface area contributed by atoms with Crippen LogP contribution in [0.4, 0.5) is 18.0 Å².